The molecule has 1 saturated carbocycles. The molecule has 46 heavy (non-hydrogen) atoms. The Labute approximate surface area is 271 Å². The minimum atomic E-state index is -4.68. The largest absolute Gasteiger partial charge is 0.480 e. The van der Waals surface area contributed by atoms with Crippen molar-refractivity contribution in [2.45, 2.75) is 61.0 Å². The third-order valence-electron chi connectivity index (χ3n) is 9.65. The van der Waals surface area contributed by atoms with Crippen LogP contribution in [0.25, 0.3) is 0 Å². The zero-order valence-corrected chi connectivity index (χ0v) is 26.5. The number of benzene rings is 3. The first-order valence-corrected chi connectivity index (χ1v) is 17.0. The van der Waals surface area contributed by atoms with E-state index in [-0.39, 0.29) is 28.6 Å². The first kappa shape index (κ1) is 32.3. The summed E-state index contributed by atoms with van der Waals surface area (Å²) in [6.07, 6.45) is 1.59. The molecule has 3 unspecified atom stereocenters. The van der Waals surface area contributed by atoms with E-state index in [1.807, 2.05) is 6.07 Å². The van der Waals surface area contributed by atoms with Crippen molar-refractivity contribution < 1.29 is 32.3 Å². The maximum absolute atomic E-state index is 15.0. The second-order valence-corrected chi connectivity index (χ2v) is 14.7. The number of carboxylic acids is 1. The molecule has 1 aliphatic carbocycles. The van der Waals surface area contributed by atoms with E-state index in [0.717, 1.165) is 29.8 Å². The molecule has 0 radical (unpaired) electrons. The van der Waals surface area contributed by atoms with Gasteiger partial charge in [-0.15, -0.1) is 3.89 Å². The van der Waals surface area contributed by atoms with Crippen LogP contribution in [0.4, 0.5) is 10.1 Å². The van der Waals surface area contributed by atoms with Gasteiger partial charge in [-0.25, -0.2) is 9.18 Å². The van der Waals surface area contributed by atoms with Crippen LogP contribution in [0.5, 0.6) is 0 Å². The third-order valence-corrected chi connectivity index (χ3v) is 12.3. The lowest BCUT2D eigenvalue weighted by Crippen LogP contribution is -2.68. The Hall–Kier alpha value is -3.68. The molecule has 0 bridgehead atoms. The molecule has 2 fully saturated rings. The molecule has 1 spiro atoms. The highest BCUT2D eigenvalue weighted by atomic mass is 35.5. The van der Waals surface area contributed by atoms with E-state index in [1.165, 1.54) is 12.1 Å². The van der Waals surface area contributed by atoms with Gasteiger partial charge in [-0.3, -0.25) is 9.59 Å². The van der Waals surface area contributed by atoms with E-state index in [2.05, 4.69) is 10.6 Å². The predicted octanol–water partition coefficient (Wildman–Crippen LogP) is 3.85. The van der Waals surface area contributed by atoms with Gasteiger partial charge in [0.05, 0.1) is 11.8 Å². The number of rotatable bonds is 9. The van der Waals surface area contributed by atoms with Crippen molar-refractivity contribution in [3.63, 3.8) is 0 Å². The van der Waals surface area contributed by atoms with E-state index in [9.17, 15) is 23.9 Å². The summed E-state index contributed by atoms with van der Waals surface area (Å²) in [5.41, 5.74) is 6.80. The Kier molecular flexibility index (Phi) is 8.53. The quantitative estimate of drug-likeness (QED) is 0.251. The summed E-state index contributed by atoms with van der Waals surface area (Å²) >= 11 is 6.28. The first-order valence-electron chi connectivity index (χ1n) is 15.2. The van der Waals surface area contributed by atoms with Crippen LogP contribution in [0.1, 0.15) is 53.6 Å². The Morgan fingerprint density at radius 3 is 2.37 bits per heavy atom. The molecule has 2 amide bonds. The highest BCUT2D eigenvalue weighted by Crippen LogP contribution is 2.62. The van der Waals surface area contributed by atoms with Crippen LogP contribution in [0.3, 0.4) is 0 Å². The maximum Gasteiger partial charge on any atom is 0.339 e. The van der Waals surface area contributed by atoms with Crippen LogP contribution in [-0.4, -0.2) is 56.5 Å². The Morgan fingerprint density at radius 2 is 1.74 bits per heavy atom. The van der Waals surface area contributed by atoms with Gasteiger partial charge in [-0.1, -0.05) is 29.8 Å². The van der Waals surface area contributed by atoms with Crippen LogP contribution in [0.2, 0.25) is 5.02 Å². The smallest absolute Gasteiger partial charge is 0.339 e. The van der Waals surface area contributed by atoms with Crippen LogP contribution in [0, 0.1) is 11.7 Å². The standard InChI is InChI=1S/C33H34ClFN4O6S/c34-26-4-2-1-3-22(26)19-38-31(41)21-7-12-28-25(17-21)33(13-15-37-16-14-33)30(20-5-6-20)39(28,29(40)18-27(36)32(42)43)46(44,45)24-10-8-23(35)9-11-24/h1-4,7-12,17,20,27,30,37H,5-6,13-16,18-19,36H2,(H-,38,41,42,43)/p+1. The highest BCUT2D eigenvalue weighted by Gasteiger charge is 2.73. The zero-order chi connectivity index (χ0) is 32.9. The highest BCUT2D eigenvalue weighted by molar-refractivity contribution is 7.91. The van der Waals surface area contributed by atoms with Crippen molar-refractivity contribution in [1.82, 2.24) is 14.5 Å². The average molecular weight is 670 g/mol. The van der Waals surface area contributed by atoms with Crippen molar-refractivity contribution in [1.29, 1.82) is 0 Å². The molecule has 3 atom stereocenters. The van der Waals surface area contributed by atoms with Gasteiger partial charge in [0.25, 0.3) is 5.91 Å². The maximum atomic E-state index is 15.0. The van der Waals surface area contributed by atoms with Gasteiger partial charge in [0, 0.05) is 34.7 Å². The number of piperidine rings is 1. The number of carbonyl (C=O) groups is 3. The second kappa shape index (κ2) is 12.2. The van der Waals surface area contributed by atoms with E-state index in [1.54, 1.807) is 24.3 Å². The summed E-state index contributed by atoms with van der Waals surface area (Å²) in [5.74, 6) is -3.53. The third kappa shape index (κ3) is 5.22. The predicted molar refractivity (Wildman–Crippen MR) is 170 cm³/mol. The molecule has 6 rings (SSSR count). The Balaban J connectivity index is 1.55. The summed E-state index contributed by atoms with van der Waals surface area (Å²) in [6, 6.07) is 13.7. The monoisotopic (exact) mass is 669 g/mol. The van der Waals surface area contributed by atoms with Crippen molar-refractivity contribution in [3.05, 3.63) is 94.3 Å². The minimum Gasteiger partial charge on any atom is -0.480 e. The number of halogens is 2. The first-order chi connectivity index (χ1) is 21.9. The number of nitrogens with zero attached hydrogens (tertiary/aromatic N) is 1. The molecule has 3 aliphatic rings. The number of carboxylic acid groups (broad SMARTS) is 1. The molecule has 1 saturated heterocycles. The normalized spacial score (nSPS) is 22.6. The number of hydrogen-bond donors (Lipinski definition) is 4. The van der Waals surface area contributed by atoms with Gasteiger partial charge >= 0.3 is 21.9 Å². The SMILES string of the molecule is NC(CC(=O)[N+]1(S(=O)(=O)c2ccc(F)cc2)c2ccc(C(=O)NCc3ccccc3Cl)cc2C2(CCNCC2)C1C1CC1)C(=O)O. The van der Waals surface area contributed by atoms with Crippen LogP contribution in [-0.2, 0) is 31.6 Å². The lowest BCUT2D eigenvalue weighted by molar-refractivity contribution is -0.141. The lowest BCUT2D eigenvalue weighted by Gasteiger charge is -2.44. The van der Waals surface area contributed by atoms with Crippen molar-refractivity contribution >= 4 is 45.1 Å². The number of quaternary nitrogens is 1. The number of amides is 2. The minimum absolute atomic E-state index is 0.167. The van der Waals surface area contributed by atoms with Crippen molar-refractivity contribution in [2.24, 2.45) is 11.7 Å². The van der Waals surface area contributed by atoms with E-state index in [4.69, 9.17) is 17.3 Å². The summed E-state index contributed by atoms with van der Waals surface area (Å²) in [6.45, 7) is 1.26. The Morgan fingerprint density at radius 1 is 1.07 bits per heavy atom. The molecular formula is C33H35ClFN4O6S+. The zero-order valence-electron chi connectivity index (χ0n) is 24.9. The van der Waals surface area contributed by atoms with Crippen LogP contribution >= 0.6 is 11.6 Å². The lowest BCUT2D eigenvalue weighted by atomic mass is 9.68. The van der Waals surface area contributed by atoms with E-state index < -0.39 is 61.4 Å². The van der Waals surface area contributed by atoms with Gasteiger partial charge in [0.2, 0.25) is 0 Å². The number of nitrogens with two attached hydrogens (primary N) is 1. The summed E-state index contributed by atoms with van der Waals surface area (Å²) in [5, 5.41) is 16.4. The molecule has 2 heterocycles. The summed E-state index contributed by atoms with van der Waals surface area (Å²) in [4.78, 5) is 39.8. The molecule has 3 aromatic rings. The topological polar surface area (TPSA) is 156 Å². The molecule has 0 aromatic heterocycles. The van der Waals surface area contributed by atoms with Crippen molar-refractivity contribution in [2.75, 3.05) is 13.1 Å². The van der Waals surface area contributed by atoms with Gasteiger partial charge in [0.15, 0.2) is 5.69 Å². The molecule has 242 valence electrons. The number of sulfonamides is 1. The number of carbonyl (C=O) groups excluding carboxylic acids is 2. The summed E-state index contributed by atoms with van der Waals surface area (Å²) < 4.78 is 42.9. The Bertz CT molecular complexity index is 1810. The molecular weight excluding hydrogens is 635 g/mol. The molecule has 5 N–H and O–H groups in total. The van der Waals surface area contributed by atoms with Crippen LogP contribution < -0.4 is 20.3 Å². The second-order valence-electron chi connectivity index (χ2n) is 12.3. The molecule has 3 aromatic carbocycles. The fraction of sp³-hybridized carbons (Fsp3) is 0.364. The molecule has 13 heteroatoms. The van der Waals surface area contributed by atoms with Crippen molar-refractivity contribution in [3.8, 4) is 0 Å². The number of hydrogen-bond acceptors (Lipinski definition) is 7. The van der Waals surface area contributed by atoms with E-state index >= 15 is 8.42 Å². The number of aliphatic carboxylic acids is 1. The summed E-state index contributed by atoms with van der Waals surface area (Å²) in [7, 11) is -4.68. The average Bonchev–Trinajstić information content (AvgIpc) is 3.84. The van der Waals surface area contributed by atoms with Gasteiger partial charge in [0.1, 0.15) is 22.8 Å². The molecule has 10 nitrogen and oxygen atoms in total. The fourth-order valence-electron chi connectivity index (χ4n) is 7.43. The van der Waals surface area contributed by atoms with Gasteiger partial charge < -0.3 is 21.5 Å². The van der Waals surface area contributed by atoms with Gasteiger partial charge in [-0.05, 0) is 86.8 Å². The fourth-order valence-corrected chi connectivity index (χ4v) is 9.88. The van der Waals surface area contributed by atoms with E-state index in [0.29, 0.717) is 49.4 Å². The van der Waals surface area contributed by atoms with Gasteiger partial charge in [-0.2, -0.15) is 8.42 Å². The number of nitrogens with one attached hydrogen (secondary N) is 2. The number of fused-ring (bicyclic) bond motifs is 2. The molecule has 2 aliphatic heterocycles. The van der Waals surface area contributed by atoms with Crippen LogP contribution in [0.15, 0.2) is 71.6 Å².